The molecule has 0 unspecified atom stereocenters. The topological polar surface area (TPSA) is 91.9 Å². The van der Waals surface area contributed by atoms with Crippen LogP contribution in [0, 0.1) is 12.8 Å². The van der Waals surface area contributed by atoms with Gasteiger partial charge in [-0.05, 0) is 36.6 Å². The first kappa shape index (κ1) is 23.2. The summed E-state index contributed by atoms with van der Waals surface area (Å²) >= 11 is 0. The van der Waals surface area contributed by atoms with E-state index in [2.05, 4.69) is 19.2 Å². The van der Waals surface area contributed by atoms with E-state index < -0.39 is 0 Å². The van der Waals surface area contributed by atoms with Gasteiger partial charge in [-0.2, -0.15) is 0 Å². The highest BCUT2D eigenvalue weighted by Gasteiger charge is 2.21. The van der Waals surface area contributed by atoms with Crippen LogP contribution in [0.3, 0.4) is 0 Å². The maximum Gasteiger partial charge on any atom is 0.335 e. The molecule has 1 aliphatic heterocycles. The Balaban J connectivity index is 1.70. The lowest BCUT2D eigenvalue weighted by atomic mass is 10.1. The third kappa shape index (κ3) is 4.20. The summed E-state index contributed by atoms with van der Waals surface area (Å²) < 4.78 is 19.6. The molecule has 4 heterocycles. The molecule has 9 heteroatoms. The number of ether oxygens (including phenoxy) is 3. The highest BCUT2D eigenvalue weighted by Crippen LogP contribution is 2.27. The number of nitrogens with one attached hydrogen (secondary N) is 1. The minimum atomic E-state index is -0.155. The second-order valence-electron chi connectivity index (χ2n) is 9.36. The first-order chi connectivity index (χ1) is 16.9. The fourth-order valence-electron chi connectivity index (χ4n) is 4.57. The number of nitrogens with zero attached hydrogens (tertiary/aromatic N) is 4. The molecule has 1 fully saturated rings. The molecule has 4 aromatic rings. The van der Waals surface area contributed by atoms with Gasteiger partial charge in [0, 0.05) is 24.2 Å². The average Bonchev–Trinajstić information content (AvgIpc) is 3.18. The normalized spacial score (nSPS) is 14.0. The monoisotopic (exact) mass is 477 g/mol. The van der Waals surface area contributed by atoms with E-state index in [1.807, 2.05) is 37.4 Å². The van der Waals surface area contributed by atoms with Crippen molar-refractivity contribution in [3.63, 3.8) is 0 Å². The number of benzene rings is 1. The highest BCUT2D eigenvalue weighted by atomic mass is 16.5. The lowest BCUT2D eigenvalue weighted by molar-refractivity contribution is -0.0248. The van der Waals surface area contributed by atoms with Crippen LogP contribution in [-0.2, 0) is 11.3 Å². The van der Waals surface area contributed by atoms with E-state index in [-0.39, 0.29) is 11.6 Å². The number of rotatable bonds is 8. The van der Waals surface area contributed by atoms with Gasteiger partial charge < -0.3 is 19.5 Å². The molecular weight excluding hydrogens is 446 g/mol. The lowest BCUT2D eigenvalue weighted by Crippen LogP contribution is -2.33. The third-order valence-corrected chi connectivity index (χ3v) is 6.54. The van der Waals surface area contributed by atoms with Gasteiger partial charge in [-0.1, -0.05) is 13.8 Å². The second-order valence-corrected chi connectivity index (χ2v) is 9.36. The molecule has 3 aromatic heterocycles. The number of hydrogen-bond acceptors (Lipinski definition) is 7. The molecule has 9 nitrogen and oxygen atoms in total. The van der Waals surface area contributed by atoms with Gasteiger partial charge in [0.2, 0.25) is 0 Å². The van der Waals surface area contributed by atoms with E-state index in [0.29, 0.717) is 35.1 Å². The van der Waals surface area contributed by atoms with Crippen LogP contribution in [0.15, 0.2) is 35.3 Å². The predicted octanol–water partition coefficient (Wildman–Crippen LogP) is 3.60. The molecule has 1 N–H and O–H groups in total. The zero-order valence-corrected chi connectivity index (χ0v) is 20.8. The molecule has 35 heavy (non-hydrogen) atoms. The molecule has 0 radical (unpaired) electrons. The summed E-state index contributed by atoms with van der Waals surface area (Å²) in [5.74, 6) is 2.01. The van der Waals surface area contributed by atoms with Crippen molar-refractivity contribution < 1.29 is 14.2 Å². The van der Waals surface area contributed by atoms with E-state index in [1.165, 1.54) is 0 Å². The summed E-state index contributed by atoms with van der Waals surface area (Å²) in [6.07, 6.45) is 1.81. The van der Waals surface area contributed by atoms with Gasteiger partial charge in [0.15, 0.2) is 5.65 Å². The minimum absolute atomic E-state index is 0.155. The Kier molecular flexibility index (Phi) is 6.10. The number of pyridine rings is 1. The van der Waals surface area contributed by atoms with Crippen LogP contribution in [0.5, 0.6) is 11.5 Å². The largest absolute Gasteiger partial charge is 0.497 e. The molecular formula is C26H31N5O4. The van der Waals surface area contributed by atoms with Crippen molar-refractivity contribution in [1.82, 2.24) is 18.9 Å². The lowest BCUT2D eigenvalue weighted by Gasteiger charge is -2.26. The molecule has 0 aliphatic carbocycles. The number of aryl methyl sites for hydroxylation is 1. The van der Waals surface area contributed by atoms with Crippen molar-refractivity contribution in [2.45, 2.75) is 33.2 Å². The molecule has 5 rings (SSSR count). The number of anilines is 1. The molecule has 1 aliphatic rings. The zero-order chi connectivity index (χ0) is 24.7. The molecule has 0 atom stereocenters. The molecule has 0 spiro atoms. The second kappa shape index (κ2) is 9.22. The standard InChI is InChI=1S/C26H31N5O4/c1-15(2)23-16(3)31-25(29-23)24-22(8-19(11-28-24)27-10-18-13-35-14-18)30(26(31)32)12-17-6-20(33-4)9-21(7-17)34-5/h6-9,11,15,18,27H,10,12-14H2,1-5H3. The first-order valence-electron chi connectivity index (χ1n) is 11.8. The van der Waals surface area contributed by atoms with Crippen LogP contribution in [0.25, 0.3) is 16.7 Å². The molecule has 0 amide bonds. The summed E-state index contributed by atoms with van der Waals surface area (Å²) in [6.45, 7) is 8.76. The van der Waals surface area contributed by atoms with Gasteiger partial charge in [-0.25, -0.2) is 19.2 Å². The number of fused-ring (bicyclic) bond motifs is 3. The number of hydrogen-bond donors (Lipinski definition) is 1. The SMILES string of the molecule is COc1cc(Cn2c(=O)n3c(C)c(C(C)C)nc3c3ncc(NCC4COC4)cc32)cc(OC)c1. The Hall–Kier alpha value is -3.59. The van der Waals surface area contributed by atoms with Crippen LogP contribution in [0.4, 0.5) is 5.69 Å². The quantitative estimate of drug-likeness (QED) is 0.415. The minimum Gasteiger partial charge on any atom is -0.497 e. The van der Waals surface area contributed by atoms with Gasteiger partial charge in [0.1, 0.15) is 17.0 Å². The zero-order valence-electron chi connectivity index (χ0n) is 20.8. The Bertz CT molecular complexity index is 1430. The molecule has 1 aromatic carbocycles. The van der Waals surface area contributed by atoms with E-state index in [9.17, 15) is 4.79 Å². The third-order valence-electron chi connectivity index (χ3n) is 6.54. The van der Waals surface area contributed by atoms with Gasteiger partial charge in [0.05, 0.1) is 57.1 Å². The Labute approximate surface area is 203 Å². The Morgan fingerprint density at radius 1 is 1.14 bits per heavy atom. The van der Waals surface area contributed by atoms with Crippen LogP contribution in [-0.4, -0.2) is 52.9 Å². The first-order valence-corrected chi connectivity index (χ1v) is 11.8. The summed E-state index contributed by atoms with van der Waals surface area (Å²) in [7, 11) is 3.23. The molecule has 0 saturated carbocycles. The fourth-order valence-corrected chi connectivity index (χ4v) is 4.57. The highest BCUT2D eigenvalue weighted by molar-refractivity contribution is 5.90. The van der Waals surface area contributed by atoms with Crippen LogP contribution in [0.1, 0.15) is 36.7 Å². The molecule has 0 bridgehead atoms. The smallest absolute Gasteiger partial charge is 0.335 e. The van der Waals surface area contributed by atoms with Crippen molar-refractivity contribution >= 4 is 22.4 Å². The van der Waals surface area contributed by atoms with Crippen LogP contribution in [0.2, 0.25) is 0 Å². The van der Waals surface area contributed by atoms with Gasteiger partial charge in [-0.15, -0.1) is 0 Å². The van der Waals surface area contributed by atoms with Gasteiger partial charge in [-0.3, -0.25) is 4.57 Å². The summed E-state index contributed by atoms with van der Waals surface area (Å²) in [5.41, 5.74) is 5.33. The molecule has 184 valence electrons. The predicted molar refractivity (Wildman–Crippen MR) is 135 cm³/mol. The van der Waals surface area contributed by atoms with E-state index >= 15 is 0 Å². The van der Waals surface area contributed by atoms with Gasteiger partial charge >= 0.3 is 5.69 Å². The summed E-state index contributed by atoms with van der Waals surface area (Å²) in [5, 5.41) is 3.44. The van der Waals surface area contributed by atoms with E-state index in [1.54, 1.807) is 23.2 Å². The van der Waals surface area contributed by atoms with E-state index in [4.69, 9.17) is 24.2 Å². The fraction of sp³-hybridized carbons (Fsp3) is 0.423. The van der Waals surface area contributed by atoms with Crippen molar-refractivity contribution in [2.24, 2.45) is 5.92 Å². The van der Waals surface area contributed by atoms with Crippen molar-refractivity contribution in [3.8, 4) is 11.5 Å². The van der Waals surface area contributed by atoms with Crippen molar-refractivity contribution in [2.75, 3.05) is 39.3 Å². The maximum atomic E-state index is 13.9. The van der Waals surface area contributed by atoms with E-state index in [0.717, 1.165) is 47.9 Å². The van der Waals surface area contributed by atoms with Gasteiger partial charge in [0.25, 0.3) is 0 Å². The summed E-state index contributed by atoms with van der Waals surface area (Å²) in [6, 6.07) is 7.63. The Morgan fingerprint density at radius 3 is 2.46 bits per heavy atom. The maximum absolute atomic E-state index is 13.9. The van der Waals surface area contributed by atoms with Crippen molar-refractivity contribution in [1.29, 1.82) is 0 Å². The average molecular weight is 478 g/mol. The number of methoxy groups -OCH3 is 2. The molecule has 1 saturated heterocycles. The van der Waals surface area contributed by atoms with Crippen LogP contribution >= 0.6 is 0 Å². The summed E-state index contributed by atoms with van der Waals surface area (Å²) in [4.78, 5) is 23.5. The number of aromatic nitrogens is 4. The number of imidazole rings is 1. The van der Waals surface area contributed by atoms with Crippen molar-refractivity contribution in [3.05, 3.63) is 57.9 Å². The van der Waals surface area contributed by atoms with Crippen LogP contribution < -0.4 is 20.5 Å². The Morgan fingerprint density at radius 2 is 1.86 bits per heavy atom.